The van der Waals surface area contributed by atoms with Gasteiger partial charge in [0.2, 0.25) is 0 Å². The van der Waals surface area contributed by atoms with Crippen molar-refractivity contribution in [2.24, 2.45) is 0 Å². The highest BCUT2D eigenvalue weighted by molar-refractivity contribution is 5.68. The summed E-state index contributed by atoms with van der Waals surface area (Å²) in [6.07, 6.45) is 5.40. The molecule has 2 nitrogen and oxygen atoms in total. The first kappa shape index (κ1) is 11.3. The van der Waals surface area contributed by atoms with E-state index in [4.69, 9.17) is 15.6 Å². The normalized spacial score (nSPS) is 9.94. The minimum atomic E-state index is 0.613. The van der Waals surface area contributed by atoms with Crippen LogP contribution in [0, 0.1) is 19.3 Å². The lowest BCUT2D eigenvalue weighted by molar-refractivity contribution is 0.340. The first-order valence-corrected chi connectivity index (χ1v) is 5.55. The van der Waals surface area contributed by atoms with Crippen LogP contribution in [-0.2, 0) is 0 Å². The molecule has 0 unspecified atom stereocenters. The van der Waals surface area contributed by atoms with Crippen LogP contribution in [0.25, 0.3) is 11.3 Å². The zero-order valence-corrected chi connectivity index (χ0v) is 9.99. The van der Waals surface area contributed by atoms with Crippen LogP contribution in [0.15, 0.2) is 34.7 Å². The molecular formula is C15H14O2. The zero-order chi connectivity index (χ0) is 12.3. The monoisotopic (exact) mass is 226 g/mol. The van der Waals surface area contributed by atoms with Crippen molar-refractivity contribution in [1.82, 2.24) is 0 Å². The van der Waals surface area contributed by atoms with Gasteiger partial charge in [0.05, 0.1) is 12.2 Å². The molecule has 1 heterocycles. The Morgan fingerprint density at radius 1 is 1.29 bits per heavy atom. The smallest absolute Gasteiger partial charge is 0.138 e. The molecule has 17 heavy (non-hydrogen) atoms. The number of ether oxygens (including phenoxy) is 1. The number of hydrogen-bond acceptors (Lipinski definition) is 2. The molecule has 2 heteroatoms. The second kappa shape index (κ2) is 4.80. The van der Waals surface area contributed by atoms with E-state index in [1.165, 1.54) is 0 Å². The van der Waals surface area contributed by atoms with Gasteiger partial charge in [0, 0.05) is 5.56 Å². The summed E-state index contributed by atoms with van der Waals surface area (Å²) in [4.78, 5) is 0. The standard InChI is InChI=1S/C15H14O2/c1-4-12-7-9-14(16-5-2)13(10-12)15-8-6-11(3)17-15/h1,6-10H,5H2,2-3H3. The highest BCUT2D eigenvalue weighted by Gasteiger charge is 2.10. The van der Waals surface area contributed by atoms with E-state index in [0.717, 1.165) is 28.4 Å². The van der Waals surface area contributed by atoms with E-state index in [0.29, 0.717) is 6.61 Å². The van der Waals surface area contributed by atoms with Crippen LogP contribution < -0.4 is 4.74 Å². The lowest BCUT2D eigenvalue weighted by Crippen LogP contribution is -1.94. The van der Waals surface area contributed by atoms with Crippen LogP contribution in [0.2, 0.25) is 0 Å². The molecule has 86 valence electrons. The summed E-state index contributed by atoms with van der Waals surface area (Å²) >= 11 is 0. The van der Waals surface area contributed by atoms with E-state index in [1.807, 2.05) is 44.2 Å². The topological polar surface area (TPSA) is 22.4 Å². The van der Waals surface area contributed by atoms with Crippen molar-refractivity contribution in [3.63, 3.8) is 0 Å². The number of benzene rings is 1. The van der Waals surface area contributed by atoms with E-state index < -0.39 is 0 Å². The lowest BCUT2D eigenvalue weighted by atomic mass is 10.1. The van der Waals surface area contributed by atoms with Crippen LogP contribution in [0.5, 0.6) is 5.75 Å². The minimum Gasteiger partial charge on any atom is -0.493 e. The fourth-order valence-electron chi connectivity index (χ4n) is 1.67. The first-order valence-electron chi connectivity index (χ1n) is 5.55. The Balaban J connectivity index is 2.52. The van der Waals surface area contributed by atoms with Crippen molar-refractivity contribution in [2.75, 3.05) is 6.61 Å². The van der Waals surface area contributed by atoms with Crippen molar-refractivity contribution in [1.29, 1.82) is 0 Å². The van der Waals surface area contributed by atoms with Gasteiger partial charge in [-0.1, -0.05) is 5.92 Å². The van der Waals surface area contributed by atoms with Gasteiger partial charge in [-0.3, -0.25) is 0 Å². The first-order chi connectivity index (χ1) is 8.24. The van der Waals surface area contributed by atoms with Crippen molar-refractivity contribution in [2.45, 2.75) is 13.8 Å². The highest BCUT2D eigenvalue weighted by atomic mass is 16.5. The predicted molar refractivity (Wildman–Crippen MR) is 68.0 cm³/mol. The quantitative estimate of drug-likeness (QED) is 0.745. The van der Waals surface area contributed by atoms with Crippen molar-refractivity contribution < 1.29 is 9.15 Å². The lowest BCUT2D eigenvalue weighted by Gasteiger charge is -2.08. The number of aryl methyl sites for hydroxylation is 1. The molecule has 0 bridgehead atoms. The van der Waals surface area contributed by atoms with E-state index in [2.05, 4.69) is 5.92 Å². The van der Waals surface area contributed by atoms with Gasteiger partial charge in [-0.15, -0.1) is 6.42 Å². The van der Waals surface area contributed by atoms with Crippen molar-refractivity contribution >= 4 is 0 Å². The molecular weight excluding hydrogens is 212 g/mol. The average molecular weight is 226 g/mol. The molecule has 0 fully saturated rings. The Bertz CT molecular complexity index is 559. The van der Waals surface area contributed by atoms with Gasteiger partial charge in [-0.25, -0.2) is 0 Å². The van der Waals surface area contributed by atoms with E-state index in [9.17, 15) is 0 Å². The van der Waals surface area contributed by atoms with E-state index >= 15 is 0 Å². The maximum Gasteiger partial charge on any atom is 0.138 e. The number of rotatable bonds is 3. The molecule has 0 amide bonds. The maximum absolute atomic E-state index is 5.61. The Labute approximate surface area is 101 Å². The number of furan rings is 1. The van der Waals surface area contributed by atoms with Gasteiger partial charge in [-0.2, -0.15) is 0 Å². The van der Waals surface area contributed by atoms with Crippen molar-refractivity contribution in [3.8, 4) is 29.4 Å². The van der Waals surface area contributed by atoms with Crippen LogP contribution in [0.1, 0.15) is 18.2 Å². The van der Waals surface area contributed by atoms with Crippen LogP contribution >= 0.6 is 0 Å². The molecule has 0 radical (unpaired) electrons. The third-order valence-corrected chi connectivity index (χ3v) is 2.45. The molecule has 0 N–H and O–H groups in total. The molecule has 0 saturated carbocycles. The molecule has 0 aliphatic rings. The fraction of sp³-hybridized carbons (Fsp3) is 0.200. The zero-order valence-electron chi connectivity index (χ0n) is 9.99. The minimum absolute atomic E-state index is 0.613. The average Bonchev–Trinajstić information content (AvgIpc) is 2.77. The Morgan fingerprint density at radius 3 is 2.71 bits per heavy atom. The molecule has 0 atom stereocenters. The summed E-state index contributed by atoms with van der Waals surface area (Å²) in [5.74, 6) is 5.06. The van der Waals surface area contributed by atoms with Gasteiger partial charge in [0.25, 0.3) is 0 Å². The summed E-state index contributed by atoms with van der Waals surface area (Å²) < 4.78 is 11.2. The molecule has 0 spiro atoms. The predicted octanol–water partition coefficient (Wildman–Crippen LogP) is 3.64. The maximum atomic E-state index is 5.61. The summed E-state index contributed by atoms with van der Waals surface area (Å²) in [6.45, 7) is 4.48. The summed E-state index contributed by atoms with van der Waals surface area (Å²) in [7, 11) is 0. The largest absolute Gasteiger partial charge is 0.493 e. The van der Waals surface area contributed by atoms with Crippen LogP contribution in [-0.4, -0.2) is 6.61 Å². The summed E-state index contributed by atoms with van der Waals surface area (Å²) in [5, 5.41) is 0. The Kier molecular flexibility index (Phi) is 3.20. The molecule has 1 aromatic heterocycles. The number of terminal acetylenes is 1. The molecule has 0 aliphatic carbocycles. The second-order valence-corrected chi connectivity index (χ2v) is 3.70. The third kappa shape index (κ3) is 2.34. The van der Waals surface area contributed by atoms with Gasteiger partial charge in [0.1, 0.15) is 17.3 Å². The summed E-state index contributed by atoms with van der Waals surface area (Å²) in [6, 6.07) is 9.50. The van der Waals surface area contributed by atoms with Gasteiger partial charge in [-0.05, 0) is 44.2 Å². The van der Waals surface area contributed by atoms with Crippen LogP contribution in [0.4, 0.5) is 0 Å². The fourth-order valence-corrected chi connectivity index (χ4v) is 1.67. The van der Waals surface area contributed by atoms with Gasteiger partial charge in [0.15, 0.2) is 0 Å². The van der Waals surface area contributed by atoms with Gasteiger partial charge < -0.3 is 9.15 Å². The molecule has 2 aromatic rings. The van der Waals surface area contributed by atoms with Crippen molar-refractivity contribution in [3.05, 3.63) is 41.7 Å². The second-order valence-electron chi connectivity index (χ2n) is 3.70. The molecule has 2 rings (SSSR count). The molecule has 0 saturated heterocycles. The van der Waals surface area contributed by atoms with E-state index in [1.54, 1.807) is 0 Å². The highest BCUT2D eigenvalue weighted by Crippen LogP contribution is 2.32. The Morgan fingerprint density at radius 2 is 2.12 bits per heavy atom. The SMILES string of the molecule is C#Cc1ccc(OCC)c(-c2ccc(C)o2)c1. The van der Waals surface area contributed by atoms with E-state index in [-0.39, 0.29) is 0 Å². The molecule has 0 aliphatic heterocycles. The number of hydrogen-bond donors (Lipinski definition) is 0. The third-order valence-electron chi connectivity index (χ3n) is 2.45. The van der Waals surface area contributed by atoms with Gasteiger partial charge >= 0.3 is 0 Å². The van der Waals surface area contributed by atoms with Crippen LogP contribution in [0.3, 0.4) is 0 Å². The molecule has 1 aromatic carbocycles. The summed E-state index contributed by atoms with van der Waals surface area (Å²) in [5.41, 5.74) is 1.72. The Hall–Kier alpha value is -2.14.